The minimum absolute atomic E-state index is 0.00704. The third-order valence-corrected chi connectivity index (χ3v) is 3.93. The van der Waals surface area contributed by atoms with E-state index in [4.69, 9.17) is 0 Å². The van der Waals surface area contributed by atoms with Crippen molar-refractivity contribution in [3.8, 4) is 0 Å². The fraction of sp³-hybridized carbons (Fsp3) is 0.533. The molecule has 1 aromatic carbocycles. The van der Waals surface area contributed by atoms with Crippen molar-refractivity contribution in [2.75, 3.05) is 0 Å². The Morgan fingerprint density at radius 3 is 2.29 bits per heavy atom. The lowest BCUT2D eigenvalue weighted by molar-refractivity contribution is -0.136. The highest BCUT2D eigenvalue weighted by molar-refractivity contribution is 5.89. The molecule has 0 unspecified atom stereocenters. The largest absolute Gasteiger partial charge is 0.382 e. The van der Waals surface area contributed by atoms with Gasteiger partial charge in [-0.25, -0.2) is 0 Å². The van der Waals surface area contributed by atoms with Crippen molar-refractivity contribution >= 4 is 5.78 Å². The molecule has 2 heteroatoms. The Balaban J connectivity index is 2.18. The van der Waals surface area contributed by atoms with Crippen molar-refractivity contribution in [3.05, 3.63) is 34.9 Å². The Labute approximate surface area is 103 Å². The molecular formula is C15H20O2. The molecule has 0 atom stereocenters. The summed E-state index contributed by atoms with van der Waals surface area (Å²) in [6, 6.07) is 6.05. The number of ketones is 1. The second kappa shape index (κ2) is 4.61. The third-order valence-electron chi connectivity index (χ3n) is 3.93. The molecule has 1 aliphatic carbocycles. The number of hydrogen-bond acceptors (Lipinski definition) is 2. The number of carbonyl (C=O) groups is 1. The van der Waals surface area contributed by atoms with Gasteiger partial charge in [-0.1, -0.05) is 18.2 Å². The van der Waals surface area contributed by atoms with Crippen LogP contribution in [0.4, 0.5) is 0 Å². The van der Waals surface area contributed by atoms with Crippen LogP contribution in [0.2, 0.25) is 0 Å². The molecule has 2 nitrogen and oxygen atoms in total. The fourth-order valence-electron chi connectivity index (χ4n) is 2.69. The molecule has 0 saturated heterocycles. The maximum Gasteiger partial charge on any atom is 0.168 e. The molecule has 0 radical (unpaired) electrons. The lowest BCUT2D eigenvalue weighted by Gasteiger charge is -2.21. The highest BCUT2D eigenvalue weighted by Gasteiger charge is 2.38. The van der Waals surface area contributed by atoms with Crippen LogP contribution in [0.25, 0.3) is 0 Å². The molecule has 1 saturated carbocycles. The van der Waals surface area contributed by atoms with E-state index >= 15 is 0 Å². The minimum Gasteiger partial charge on any atom is -0.382 e. The number of hydrogen-bond donors (Lipinski definition) is 1. The molecule has 0 heterocycles. The van der Waals surface area contributed by atoms with E-state index in [9.17, 15) is 9.90 Å². The van der Waals surface area contributed by atoms with Crippen molar-refractivity contribution in [1.29, 1.82) is 0 Å². The molecule has 0 bridgehead atoms. The summed E-state index contributed by atoms with van der Waals surface area (Å²) in [5.74, 6) is -0.00704. The molecule has 0 aliphatic heterocycles. The Morgan fingerprint density at radius 1 is 1.24 bits per heavy atom. The van der Waals surface area contributed by atoms with E-state index in [1.807, 2.05) is 32.0 Å². The zero-order valence-electron chi connectivity index (χ0n) is 10.6. The van der Waals surface area contributed by atoms with Crippen LogP contribution >= 0.6 is 0 Å². The molecule has 1 N–H and O–H groups in total. The highest BCUT2D eigenvalue weighted by Crippen LogP contribution is 2.31. The summed E-state index contributed by atoms with van der Waals surface area (Å²) >= 11 is 0. The van der Waals surface area contributed by atoms with Crippen LogP contribution in [0, 0.1) is 13.8 Å². The molecule has 1 fully saturated rings. The summed E-state index contributed by atoms with van der Waals surface area (Å²) in [7, 11) is 0. The molecule has 1 aliphatic rings. The predicted octanol–water partition coefficient (Wildman–Crippen LogP) is 2.72. The lowest BCUT2D eigenvalue weighted by atomic mass is 9.89. The SMILES string of the molecule is Cc1cccc(C)c1CC(=O)C1(O)CCCC1. The van der Waals surface area contributed by atoms with Crippen molar-refractivity contribution in [3.63, 3.8) is 0 Å². The number of aliphatic hydroxyl groups is 1. The Kier molecular flexibility index (Phi) is 3.34. The molecule has 17 heavy (non-hydrogen) atoms. The van der Waals surface area contributed by atoms with Gasteiger partial charge in [-0.3, -0.25) is 4.79 Å². The molecule has 0 aromatic heterocycles. The third kappa shape index (κ3) is 2.42. The van der Waals surface area contributed by atoms with E-state index in [0.29, 0.717) is 19.3 Å². The summed E-state index contributed by atoms with van der Waals surface area (Å²) in [6.07, 6.45) is 3.58. The van der Waals surface area contributed by atoms with Gasteiger partial charge in [0.05, 0.1) is 0 Å². The van der Waals surface area contributed by atoms with E-state index in [2.05, 4.69) is 0 Å². The fourth-order valence-corrected chi connectivity index (χ4v) is 2.69. The summed E-state index contributed by atoms with van der Waals surface area (Å²) in [4.78, 5) is 12.2. The summed E-state index contributed by atoms with van der Waals surface area (Å²) in [5, 5.41) is 10.3. The molecule has 1 aromatic rings. The molecule has 0 spiro atoms. The minimum atomic E-state index is -1.05. The van der Waals surface area contributed by atoms with Gasteiger partial charge in [0.25, 0.3) is 0 Å². The number of Topliss-reactive ketones (excluding diaryl/α,β-unsaturated/α-hetero) is 1. The van der Waals surface area contributed by atoms with Gasteiger partial charge >= 0.3 is 0 Å². The maximum absolute atomic E-state index is 12.2. The van der Waals surface area contributed by atoms with Gasteiger partial charge in [-0.2, -0.15) is 0 Å². The average molecular weight is 232 g/mol. The molecule has 2 rings (SSSR count). The number of carbonyl (C=O) groups excluding carboxylic acids is 1. The Hall–Kier alpha value is -1.15. The molecule has 0 amide bonds. The molecule has 92 valence electrons. The topological polar surface area (TPSA) is 37.3 Å². The first kappa shape index (κ1) is 12.3. The van der Waals surface area contributed by atoms with Crippen LogP contribution < -0.4 is 0 Å². The Morgan fingerprint density at radius 2 is 1.76 bits per heavy atom. The highest BCUT2D eigenvalue weighted by atomic mass is 16.3. The summed E-state index contributed by atoms with van der Waals surface area (Å²) < 4.78 is 0. The van der Waals surface area contributed by atoms with Gasteiger partial charge in [0.2, 0.25) is 0 Å². The number of rotatable bonds is 3. The smallest absolute Gasteiger partial charge is 0.168 e. The van der Waals surface area contributed by atoms with Crippen molar-refractivity contribution in [2.24, 2.45) is 0 Å². The van der Waals surface area contributed by atoms with Crippen LogP contribution in [0.15, 0.2) is 18.2 Å². The van der Waals surface area contributed by atoms with E-state index < -0.39 is 5.60 Å². The first-order chi connectivity index (χ1) is 8.03. The Bertz CT molecular complexity index is 408. The second-order valence-electron chi connectivity index (χ2n) is 5.21. The summed E-state index contributed by atoms with van der Waals surface area (Å²) in [5.41, 5.74) is 2.31. The van der Waals surface area contributed by atoms with Gasteiger partial charge in [0.1, 0.15) is 5.60 Å². The van der Waals surface area contributed by atoms with Crippen LogP contribution in [0.3, 0.4) is 0 Å². The quantitative estimate of drug-likeness (QED) is 0.870. The first-order valence-electron chi connectivity index (χ1n) is 6.34. The van der Waals surface area contributed by atoms with E-state index in [1.165, 1.54) is 0 Å². The van der Waals surface area contributed by atoms with Crippen LogP contribution in [0.1, 0.15) is 42.4 Å². The van der Waals surface area contributed by atoms with E-state index in [-0.39, 0.29) is 5.78 Å². The van der Waals surface area contributed by atoms with Crippen LogP contribution in [-0.2, 0) is 11.2 Å². The van der Waals surface area contributed by atoms with Gasteiger partial charge in [0, 0.05) is 6.42 Å². The molecular weight excluding hydrogens is 212 g/mol. The second-order valence-corrected chi connectivity index (χ2v) is 5.21. The van der Waals surface area contributed by atoms with E-state index in [0.717, 1.165) is 29.5 Å². The predicted molar refractivity (Wildman–Crippen MR) is 68.0 cm³/mol. The van der Waals surface area contributed by atoms with Crippen molar-refractivity contribution in [2.45, 2.75) is 51.6 Å². The van der Waals surface area contributed by atoms with Gasteiger partial charge < -0.3 is 5.11 Å². The number of benzene rings is 1. The summed E-state index contributed by atoms with van der Waals surface area (Å²) in [6.45, 7) is 4.04. The monoisotopic (exact) mass is 232 g/mol. The first-order valence-corrected chi connectivity index (χ1v) is 6.34. The number of aryl methyl sites for hydroxylation is 2. The van der Waals surface area contributed by atoms with Gasteiger partial charge in [0.15, 0.2) is 5.78 Å². The zero-order valence-corrected chi connectivity index (χ0v) is 10.6. The van der Waals surface area contributed by atoms with E-state index in [1.54, 1.807) is 0 Å². The van der Waals surface area contributed by atoms with Crippen LogP contribution in [-0.4, -0.2) is 16.5 Å². The van der Waals surface area contributed by atoms with Gasteiger partial charge in [-0.15, -0.1) is 0 Å². The van der Waals surface area contributed by atoms with Gasteiger partial charge in [-0.05, 0) is 56.2 Å². The van der Waals surface area contributed by atoms with Crippen molar-refractivity contribution < 1.29 is 9.90 Å². The maximum atomic E-state index is 12.2. The standard InChI is InChI=1S/C15H20O2/c1-11-6-5-7-12(2)13(11)10-14(16)15(17)8-3-4-9-15/h5-7,17H,3-4,8-10H2,1-2H3. The van der Waals surface area contributed by atoms with Crippen LogP contribution in [0.5, 0.6) is 0 Å². The van der Waals surface area contributed by atoms with Crippen molar-refractivity contribution in [1.82, 2.24) is 0 Å². The normalized spacial score (nSPS) is 18.3. The zero-order chi connectivity index (χ0) is 12.5. The lowest BCUT2D eigenvalue weighted by Crippen LogP contribution is -2.36. The average Bonchev–Trinajstić information content (AvgIpc) is 2.72.